The van der Waals surface area contributed by atoms with Gasteiger partial charge in [-0.05, 0) is 24.3 Å². The van der Waals surface area contributed by atoms with E-state index in [1.165, 1.54) is 19.1 Å². The minimum atomic E-state index is -4.11. The van der Waals surface area contributed by atoms with Gasteiger partial charge in [-0.2, -0.15) is 8.42 Å². The summed E-state index contributed by atoms with van der Waals surface area (Å²) in [6.45, 7) is 0.851. The number of ether oxygens (including phenoxy) is 3. The van der Waals surface area contributed by atoms with E-state index in [1.807, 2.05) is 4.90 Å². The van der Waals surface area contributed by atoms with Crippen LogP contribution in [0, 0.1) is 0 Å². The molecule has 1 aromatic rings. The molecule has 0 aliphatic carbocycles. The molecule has 1 N–H and O–H groups in total. The van der Waals surface area contributed by atoms with Crippen LogP contribution in [-0.4, -0.2) is 76.7 Å². The van der Waals surface area contributed by atoms with Gasteiger partial charge < -0.3 is 19.1 Å². The standard InChI is InChI=1S/C18H25FN2O7S/c1-26-18(27-2)8-9-20(12-16(18)19)13-3-5-14(6-4-13)21-11-15(28-17(21)22)7-10-29(23,24)25/h3-6,15-16H,7-12H2,1-2H3,(H,23,24,25)/t15?,16-/m1/s1. The predicted octanol–water partition coefficient (Wildman–Crippen LogP) is 1.83. The average Bonchev–Trinajstić information content (AvgIpc) is 3.07. The van der Waals surface area contributed by atoms with Gasteiger partial charge in [0.15, 0.2) is 6.17 Å². The number of carbonyl (C=O) groups is 1. The molecule has 1 amide bonds. The SMILES string of the molecule is COC1(OC)CCN(c2ccc(N3CC(CCS(=O)(=O)O)OC3=O)cc2)C[C@H]1F. The van der Waals surface area contributed by atoms with E-state index in [1.54, 1.807) is 24.3 Å². The van der Waals surface area contributed by atoms with Crippen molar-refractivity contribution in [2.45, 2.75) is 30.9 Å². The maximum atomic E-state index is 14.6. The molecule has 3 rings (SSSR count). The van der Waals surface area contributed by atoms with E-state index in [-0.39, 0.29) is 19.5 Å². The van der Waals surface area contributed by atoms with Crippen LogP contribution in [0.2, 0.25) is 0 Å². The van der Waals surface area contributed by atoms with Gasteiger partial charge in [-0.3, -0.25) is 9.45 Å². The first-order valence-electron chi connectivity index (χ1n) is 9.20. The van der Waals surface area contributed by atoms with Crippen LogP contribution >= 0.6 is 0 Å². The summed E-state index contributed by atoms with van der Waals surface area (Å²) in [6, 6.07) is 7.02. The number of alkyl halides is 1. The Kier molecular flexibility index (Phi) is 6.32. The van der Waals surface area contributed by atoms with Gasteiger partial charge in [-0.25, -0.2) is 9.18 Å². The predicted molar refractivity (Wildman–Crippen MR) is 104 cm³/mol. The monoisotopic (exact) mass is 432 g/mol. The number of methoxy groups -OCH3 is 2. The molecule has 2 atom stereocenters. The lowest BCUT2D eigenvalue weighted by Gasteiger charge is -2.42. The van der Waals surface area contributed by atoms with Crippen LogP contribution in [-0.2, 0) is 24.3 Å². The second-order valence-electron chi connectivity index (χ2n) is 7.09. The molecule has 2 aliphatic heterocycles. The number of benzene rings is 1. The zero-order chi connectivity index (χ0) is 21.2. The van der Waals surface area contributed by atoms with E-state index in [0.717, 1.165) is 5.69 Å². The van der Waals surface area contributed by atoms with Crippen LogP contribution in [0.3, 0.4) is 0 Å². The highest BCUT2D eigenvalue weighted by Gasteiger charge is 2.44. The normalized spacial score (nSPS) is 24.6. The summed E-state index contributed by atoms with van der Waals surface area (Å²) >= 11 is 0. The van der Waals surface area contributed by atoms with Crippen molar-refractivity contribution in [1.82, 2.24) is 0 Å². The zero-order valence-corrected chi connectivity index (χ0v) is 17.1. The summed E-state index contributed by atoms with van der Waals surface area (Å²) in [5.41, 5.74) is 1.39. The smallest absolute Gasteiger partial charge is 0.414 e. The molecule has 11 heteroatoms. The average molecular weight is 432 g/mol. The zero-order valence-electron chi connectivity index (χ0n) is 16.3. The number of anilines is 2. The Hall–Kier alpha value is -1.95. The van der Waals surface area contributed by atoms with E-state index >= 15 is 0 Å². The van der Waals surface area contributed by atoms with Crippen molar-refractivity contribution in [2.75, 3.05) is 49.4 Å². The van der Waals surface area contributed by atoms with Crippen LogP contribution in [0.15, 0.2) is 24.3 Å². The van der Waals surface area contributed by atoms with Crippen LogP contribution in [0.25, 0.3) is 0 Å². The Morgan fingerprint density at radius 1 is 1.21 bits per heavy atom. The van der Waals surface area contributed by atoms with Crippen molar-refractivity contribution >= 4 is 27.6 Å². The largest absolute Gasteiger partial charge is 0.444 e. The number of nitrogens with zero attached hydrogens (tertiary/aromatic N) is 2. The molecular weight excluding hydrogens is 407 g/mol. The maximum Gasteiger partial charge on any atom is 0.414 e. The van der Waals surface area contributed by atoms with E-state index < -0.39 is 40.0 Å². The lowest BCUT2D eigenvalue weighted by atomic mass is 10.0. The number of hydrogen-bond acceptors (Lipinski definition) is 7. The minimum absolute atomic E-state index is 0.0194. The second-order valence-corrected chi connectivity index (χ2v) is 8.66. The number of cyclic esters (lactones) is 1. The third-order valence-electron chi connectivity index (χ3n) is 5.38. The molecule has 0 radical (unpaired) electrons. The van der Waals surface area contributed by atoms with E-state index in [0.29, 0.717) is 18.7 Å². The molecule has 9 nitrogen and oxygen atoms in total. The number of piperidine rings is 1. The molecule has 1 unspecified atom stereocenters. The van der Waals surface area contributed by atoms with Crippen LogP contribution in [0.1, 0.15) is 12.8 Å². The van der Waals surface area contributed by atoms with E-state index in [4.69, 9.17) is 18.8 Å². The van der Waals surface area contributed by atoms with Gasteiger partial charge >= 0.3 is 6.09 Å². The highest BCUT2D eigenvalue weighted by atomic mass is 32.2. The summed E-state index contributed by atoms with van der Waals surface area (Å²) in [7, 11) is -1.25. The Bertz CT molecular complexity index is 829. The summed E-state index contributed by atoms with van der Waals surface area (Å²) in [6.07, 6.45) is -2.12. The summed E-state index contributed by atoms with van der Waals surface area (Å²) in [5.74, 6) is -1.70. The van der Waals surface area contributed by atoms with Gasteiger partial charge in [0.05, 0.1) is 18.8 Å². The molecule has 0 aromatic heterocycles. The number of hydrogen-bond donors (Lipinski definition) is 1. The molecular formula is C18H25FN2O7S. The van der Waals surface area contributed by atoms with Gasteiger partial charge in [-0.15, -0.1) is 0 Å². The fourth-order valence-electron chi connectivity index (χ4n) is 3.66. The van der Waals surface area contributed by atoms with Crippen LogP contribution in [0.4, 0.5) is 20.6 Å². The van der Waals surface area contributed by atoms with Crippen LogP contribution < -0.4 is 9.80 Å². The molecule has 162 valence electrons. The molecule has 1 aromatic carbocycles. The number of rotatable bonds is 7. The highest BCUT2D eigenvalue weighted by molar-refractivity contribution is 7.85. The maximum absolute atomic E-state index is 14.6. The fourth-order valence-corrected chi connectivity index (χ4v) is 4.22. The Morgan fingerprint density at radius 2 is 1.83 bits per heavy atom. The van der Waals surface area contributed by atoms with Crippen molar-refractivity contribution in [2.24, 2.45) is 0 Å². The van der Waals surface area contributed by atoms with E-state index in [9.17, 15) is 17.6 Å². The van der Waals surface area contributed by atoms with Gasteiger partial charge in [0.25, 0.3) is 10.1 Å². The minimum Gasteiger partial charge on any atom is -0.444 e. The molecule has 29 heavy (non-hydrogen) atoms. The van der Waals surface area contributed by atoms with Crippen molar-refractivity contribution in [3.05, 3.63) is 24.3 Å². The second kappa shape index (κ2) is 8.42. The number of carbonyl (C=O) groups excluding carboxylic acids is 1. The first-order valence-corrected chi connectivity index (χ1v) is 10.8. The molecule has 0 bridgehead atoms. The van der Waals surface area contributed by atoms with E-state index in [2.05, 4.69) is 0 Å². The Labute approximate surface area is 169 Å². The number of halogens is 1. The molecule has 2 fully saturated rings. The van der Waals surface area contributed by atoms with Gasteiger partial charge in [0.1, 0.15) is 6.10 Å². The topological polar surface area (TPSA) is 106 Å². The van der Waals surface area contributed by atoms with Crippen molar-refractivity contribution in [3.63, 3.8) is 0 Å². The Morgan fingerprint density at radius 3 is 2.38 bits per heavy atom. The lowest BCUT2D eigenvalue weighted by molar-refractivity contribution is -0.249. The Balaban J connectivity index is 1.63. The fraction of sp³-hybridized carbons (Fsp3) is 0.611. The van der Waals surface area contributed by atoms with Crippen molar-refractivity contribution in [1.29, 1.82) is 0 Å². The summed E-state index contributed by atoms with van der Waals surface area (Å²) in [4.78, 5) is 15.4. The first-order chi connectivity index (χ1) is 13.7. The van der Waals surface area contributed by atoms with Crippen molar-refractivity contribution in [3.8, 4) is 0 Å². The van der Waals surface area contributed by atoms with Gasteiger partial charge in [-0.1, -0.05) is 0 Å². The van der Waals surface area contributed by atoms with Gasteiger partial charge in [0, 0.05) is 45.0 Å². The quantitative estimate of drug-likeness (QED) is 0.514. The van der Waals surface area contributed by atoms with Crippen molar-refractivity contribution < 1.29 is 36.4 Å². The third kappa shape index (κ3) is 4.80. The first kappa shape index (κ1) is 21.8. The number of amides is 1. The molecule has 2 aliphatic rings. The molecule has 2 saturated heterocycles. The highest BCUT2D eigenvalue weighted by Crippen LogP contribution is 2.33. The lowest BCUT2D eigenvalue weighted by Crippen LogP contribution is -2.55. The summed E-state index contributed by atoms with van der Waals surface area (Å²) < 4.78 is 60.8. The van der Waals surface area contributed by atoms with Gasteiger partial charge in [0.2, 0.25) is 5.79 Å². The van der Waals surface area contributed by atoms with Crippen LogP contribution in [0.5, 0.6) is 0 Å². The third-order valence-corrected chi connectivity index (χ3v) is 6.13. The molecule has 2 heterocycles. The molecule has 0 saturated carbocycles. The molecule has 0 spiro atoms. The summed E-state index contributed by atoms with van der Waals surface area (Å²) in [5, 5.41) is 0.